The molecule has 0 spiro atoms. The summed E-state index contributed by atoms with van der Waals surface area (Å²) in [6.45, 7) is 4.04. The van der Waals surface area contributed by atoms with E-state index in [1.165, 1.54) is 0 Å². The van der Waals surface area contributed by atoms with Crippen LogP contribution in [-0.2, 0) is 0 Å². The summed E-state index contributed by atoms with van der Waals surface area (Å²) in [5.74, 6) is -0.0797. The first kappa shape index (κ1) is 15.8. The average molecular weight is 350 g/mol. The summed E-state index contributed by atoms with van der Waals surface area (Å²) in [5, 5.41) is 3.92. The summed E-state index contributed by atoms with van der Waals surface area (Å²) >= 11 is 5.53. The van der Waals surface area contributed by atoms with E-state index >= 15 is 0 Å². The summed E-state index contributed by atoms with van der Waals surface area (Å²) in [4.78, 5) is 20.3. The van der Waals surface area contributed by atoms with Crippen LogP contribution in [0.25, 0.3) is 27.6 Å². The first-order valence-corrected chi connectivity index (χ1v) is 8.73. The van der Waals surface area contributed by atoms with E-state index in [0.717, 1.165) is 34.0 Å². The summed E-state index contributed by atoms with van der Waals surface area (Å²) in [6, 6.07) is 13.6. The molecule has 1 atom stereocenters. The van der Waals surface area contributed by atoms with Gasteiger partial charge in [-0.2, -0.15) is 0 Å². The fourth-order valence-electron chi connectivity index (χ4n) is 2.98. The molecule has 4 aromatic rings. The van der Waals surface area contributed by atoms with Gasteiger partial charge in [0, 0.05) is 17.0 Å². The molecule has 1 amide bonds. The van der Waals surface area contributed by atoms with E-state index in [-0.39, 0.29) is 11.9 Å². The highest BCUT2D eigenvalue weighted by Gasteiger charge is 2.13. The number of H-pyrrole nitrogens is 1. The molecule has 0 aliphatic heterocycles. The molecule has 2 N–H and O–H groups in total. The Bertz CT molecular complexity index is 1170. The normalized spacial score (nSPS) is 12.7. The number of rotatable bonds is 3. The number of imidazole rings is 1. The zero-order chi connectivity index (χ0) is 17.6. The third-order valence-corrected chi connectivity index (χ3v) is 4.80. The third-order valence-electron chi connectivity index (χ3n) is 4.52. The maximum atomic E-state index is 12.4. The number of fused-ring (bicyclic) bond motifs is 5. The highest BCUT2D eigenvalue weighted by molar-refractivity contribution is 7.71. The predicted molar refractivity (Wildman–Crippen MR) is 103 cm³/mol. The molecular weight excluding hydrogens is 332 g/mol. The van der Waals surface area contributed by atoms with Crippen LogP contribution in [0.15, 0.2) is 42.5 Å². The number of para-hydroxylation sites is 2. The Labute approximate surface area is 149 Å². The molecule has 1 unspecified atom stereocenters. The standard InChI is InChI=1S/C19H18N4OS/c1-3-11(2)20-18(24)12-8-9-13-15(10-12)22-19(25)23-16-7-5-4-6-14(16)21-17(13)23/h4-11H,3H2,1-2H3,(H,20,24)(H,22,25). The van der Waals surface area contributed by atoms with E-state index in [4.69, 9.17) is 17.2 Å². The van der Waals surface area contributed by atoms with Crippen molar-refractivity contribution >= 4 is 45.7 Å². The summed E-state index contributed by atoms with van der Waals surface area (Å²) in [6.07, 6.45) is 0.892. The Morgan fingerprint density at radius 1 is 1.32 bits per heavy atom. The molecule has 6 heteroatoms. The number of amides is 1. The van der Waals surface area contributed by atoms with Crippen molar-refractivity contribution in [3.8, 4) is 0 Å². The highest BCUT2D eigenvalue weighted by atomic mass is 32.1. The van der Waals surface area contributed by atoms with Gasteiger partial charge < -0.3 is 10.3 Å². The monoisotopic (exact) mass is 350 g/mol. The topological polar surface area (TPSA) is 62.2 Å². The first-order chi connectivity index (χ1) is 12.1. The molecule has 5 nitrogen and oxygen atoms in total. The second-order valence-electron chi connectivity index (χ2n) is 6.23. The van der Waals surface area contributed by atoms with Crippen LogP contribution in [-0.4, -0.2) is 26.3 Å². The summed E-state index contributed by atoms with van der Waals surface area (Å²) < 4.78 is 2.50. The van der Waals surface area contributed by atoms with Crippen molar-refractivity contribution < 1.29 is 4.79 Å². The Kier molecular flexibility index (Phi) is 3.77. The fraction of sp³-hybridized carbons (Fsp3) is 0.211. The number of hydrogen-bond acceptors (Lipinski definition) is 3. The molecule has 0 saturated heterocycles. The number of carbonyl (C=O) groups is 1. The van der Waals surface area contributed by atoms with E-state index < -0.39 is 0 Å². The molecule has 2 heterocycles. The Balaban J connectivity index is 1.92. The van der Waals surface area contributed by atoms with Crippen LogP contribution < -0.4 is 5.32 Å². The van der Waals surface area contributed by atoms with Crippen LogP contribution in [0.5, 0.6) is 0 Å². The Morgan fingerprint density at radius 3 is 2.92 bits per heavy atom. The van der Waals surface area contributed by atoms with Gasteiger partial charge >= 0.3 is 0 Å². The van der Waals surface area contributed by atoms with Crippen molar-refractivity contribution in [2.75, 3.05) is 0 Å². The average Bonchev–Trinajstić information content (AvgIpc) is 3.01. The maximum absolute atomic E-state index is 12.4. The van der Waals surface area contributed by atoms with Gasteiger partial charge in [0.15, 0.2) is 4.77 Å². The lowest BCUT2D eigenvalue weighted by Gasteiger charge is -2.12. The van der Waals surface area contributed by atoms with Crippen LogP contribution in [0, 0.1) is 4.77 Å². The molecule has 25 heavy (non-hydrogen) atoms. The minimum Gasteiger partial charge on any atom is -0.350 e. The molecule has 0 aliphatic carbocycles. The van der Waals surface area contributed by atoms with Crippen molar-refractivity contribution in [2.45, 2.75) is 26.3 Å². The van der Waals surface area contributed by atoms with Crippen molar-refractivity contribution in [3.63, 3.8) is 0 Å². The van der Waals surface area contributed by atoms with Crippen molar-refractivity contribution in [1.29, 1.82) is 0 Å². The van der Waals surface area contributed by atoms with E-state index in [2.05, 4.69) is 10.3 Å². The molecule has 2 aromatic carbocycles. The van der Waals surface area contributed by atoms with E-state index in [1.807, 2.05) is 60.7 Å². The number of carbonyl (C=O) groups excluding carboxylic acids is 1. The fourth-order valence-corrected chi connectivity index (χ4v) is 3.27. The van der Waals surface area contributed by atoms with Gasteiger partial charge in [-0.15, -0.1) is 0 Å². The molecule has 2 aromatic heterocycles. The number of benzene rings is 2. The van der Waals surface area contributed by atoms with Crippen LogP contribution in [0.4, 0.5) is 0 Å². The molecule has 0 bridgehead atoms. The molecule has 4 rings (SSSR count). The zero-order valence-electron chi connectivity index (χ0n) is 14.0. The van der Waals surface area contributed by atoms with Crippen molar-refractivity contribution in [1.82, 2.24) is 19.7 Å². The molecular formula is C19H18N4OS. The molecule has 0 aliphatic rings. The minimum absolute atomic E-state index is 0.0797. The lowest BCUT2D eigenvalue weighted by molar-refractivity contribution is 0.0939. The molecule has 0 fully saturated rings. The molecule has 126 valence electrons. The Hall–Kier alpha value is -2.73. The van der Waals surface area contributed by atoms with Gasteiger partial charge in [-0.25, -0.2) is 4.98 Å². The largest absolute Gasteiger partial charge is 0.350 e. The predicted octanol–water partition coefficient (Wildman–Crippen LogP) is 4.23. The number of hydrogen-bond donors (Lipinski definition) is 2. The first-order valence-electron chi connectivity index (χ1n) is 8.32. The lowest BCUT2D eigenvalue weighted by atomic mass is 10.1. The number of nitrogens with one attached hydrogen (secondary N) is 2. The van der Waals surface area contributed by atoms with Gasteiger partial charge in [-0.3, -0.25) is 9.20 Å². The van der Waals surface area contributed by atoms with Crippen molar-refractivity contribution in [2.24, 2.45) is 0 Å². The van der Waals surface area contributed by atoms with E-state index in [1.54, 1.807) is 0 Å². The minimum atomic E-state index is -0.0797. The lowest BCUT2D eigenvalue weighted by Crippen LogP contribution is -2.31. The van der Waals surface area contributed by atoms with Gasteiger partial charge in [0.05, 0.1) is 16.6 Å². The summed E-state index contributed by atoms with van der Waals surface area (Å²) in [7, 11) is 0. The van der Waals surface area contributed by atoms with Crippen LogP contribution >= 0.6 is 12.2 Å². The van der Waals surface area contributed by atoms with Crippen LogP contribution in [0.2, 0.25) is 0 Å². The van der Waals surface area contributed by atoms with E-state index in [0.29, 0.717) is 10.3 Å². The smallest absolute Gasteiger partial charge is 0.251 e. The van der Waals surface area contributed by atoms with E-state index in [9.17, 15) is 4.79 Å². The third kappa shape index (κ3) is 2.59. The summed E-state index contributed by atoms with van der Waals surface area (Å²) in [5.41, 5.74) is 4.09. The van der Waals surface area contributed by atoms with Gasteiger partial charge in [0.25, 0.3) is 5.91 Å². The van der Waals surface area contributed by atoms with Crippen LogP contribution in [0.1, 0.15) is 30.6 Å². The molecule has 0 saturated carbocycles. The second kappa shape index (κ2) is 5.97. The van der Waals surface area contributed by atoms with Gasteiger partial charge in [0.2, 0.25) is 0 Å². The highest BCUT2D eigenvalue weighted by Crippen LogP contribution is 2.24. The molecule has 0 radical (unpaired) electrons. The maximum Gasteiger partial charge on any atom is 0.251 e. The number of aromatic amines is 1. The zero-order valence-corrected chi connectivity index (χ0v) is 14.9. The van der Waals surface area contributed by atoms with Gasteiger partial charge in [-0.05, 0) is 55.9 Å². The SMILES string of the molecule is CCC(C)NC(=O)c1ccc2c(c1)[nH]c(=S)n1c3ccccc3nc21. The number of nitrogens with zero attached hydrogens (tertiary/aromatic N) is 2. The second-order valence-corrected chi connectivity index (χ2v) is 6.62. The number of aromatic nitrogens is 3. The van der Waals surface area contributed by atoms with Gasteiger partial charge in [0.1, 0.15) is 5.65 Å². The van der Waals surface area contributed by atoms with Gasteiger partial charge in [-0.1, -0.05) is 19.1 Å². The Morgan fingerprint density at radius 2 is 2.12 bits per heavy atom. The quantitative estimate of drug-likeness (QED) is 0.544. The van der Waals surface area contributed by atoms with Crippen molar-refractivity contribution in [3.05, 3.63) is 52.8 Å². The van der Waals surface area contributed by atoms with Crippen LogP contribution in [0.3, 0.4) is 0 Å².